The van der Waals surface area contributed by atoms with Crippen LogP contribution in [0.4, 0.5) is 0 Å². The van der Waals surface area contributed by atoms with Gasteiger partial charge in [-0.1, -0.05) is 6.42 Å². The Kier molecular flexibility index (Phi) is 6.75. The number of carbonyl (C=O) groups excluding carboxylic acids is 1. The molecule has 4 nitrogen and oxygen atoms in total. The van der Waals surface area contributed by atoms with Crippen molar-refractivity contribution in [2.75, 3.05) is 27.2 Å². The van der Waals surface area contributed by atoms with Gasteiger partial charge >= 0.3 is 5.97 Å². The van der Waals surface area contributed by atoms with Crippen molar-refractivity contribution in [3.8, 4) is 6.07 Å². The zero-order chi connectivity index (χ0) is 12.6. The van der Waals surface area contributed by atoms with Gasteiger partial charge in [-0.25, -0.2) is 0 Å². The first kappa shape index (κ1) is 14.9. The number of hydrogen-bond donors (Lipinski definition) is 0. The topological polar surface area (TPSA) is 53.3 Å². The fraction of sp³-hybridized carbons (Fsp3) is 0.833. The average molecular weight is 226 g/mol. The average Bonchev–Trinajstić information content (AvgIpc) is 2.24. The van der Waals surface area contributed by atoms with E-state index in [1.807, 2.05) is 25.8 Å². The highest BCUT2D eigenvalue weighted by molar-refractivity contribution is 5.71. The van der Waals surface area contributed by atoms with E-state index >= 15 is 0 Å². The van der Waals surface area contributed by atoms with Crippen molar-refractivity contribution in [2.45, 2.75) is 33.1 Å². The minimum Gasteiger partial charge on any atom is -0.468 e. The van der Waals surface area contributed by atoms with Gasteiger partial charge in [0.1, 0.15) is 0 Å². The maximum Gasteiger partial charge on any atom is 0.319 e. The molecule has 0 saturated carbocycles. The van der Waals surface area contributed by atoms with Crippen molar-refractivity contribution >= 4 is 5.97 Å². The van der Waals surface area contributed by atoms with Gasteiger partial charge in [0.25, 0.3) is 0 Å². The lowest BCUT2D eigenvalue weighted by Gasteiger charge is -2.17. The number of nitriles is 1. The van der Waals surface area contributed by atoms with E-state index in [9.17, 15) is 4.79 Å². The third-order valence-electron chi connectivity index (χ3n) is 2.52. The molecule has 16 heavy (non-hydrogen) atoms. The monoisotopic (exact) mass is 226 g/mol. The predicted molar refractivity (Wildman–Crippen MR) is 62.8 cm³/mol. The number of likely N-dealkylation sites (N-methyl/N-ethyl adjacent to an activating group) is 1. The van der Waals surface area contributed by atoms with E-state index in [1.165, 1.54) is 7.11 Å². The molecule has 0 spiro atoms. The van der Waals surface area contributed by atoms with Gasteiger partial charge < -0.3 is 4.74 Å². The van der Waals surface area contributed by atoms with E-state index in [0.717, 1.165) is 25.8 Å². The molecule has 0 radical (unpaired) electrons. The fourth-order valence-electron chi connectivity index (χ4n) is 1.37. The summed E-state index contributed by atoms with van der Waals surface area (Å²) < 4.78 is 4.58. The van der Waals surface area contributed by atoms with E-state index in [4.69, 9.17) is 5.26 Å². The molecule has 92 valence electrons. The summed E-state index contributed by atoms with van der Waals surface area (Å²) in [6, 6.07) is 2.28. The third kappa shape index (κ3) is 7.24. The number of carbonyl (C=O) groups is 1. The number of ether oxygens (including phenoxy) is 1. The SMILES string of the molecule is COC(=O)CN(C)CCCCC(C)(C)C#N. The number of nitrogens with zero attached hydrogens (tertiary/aromatic N) is 2. The van der Waals surface area contributed by atoms with Crippen LogP contribution in [0.3, 0.4) is 0 Å². The molecule has 0 aromatic heterocycles. The van der Waals surface area contributed by atoms with Gasteiger partial charge in [-0.05, 0) is 40.3 Å². The smallest absolute Gasteiger partial charge is 0.319 e. The summed E-state index contributed by atoms with van der Waals surface area (Å²) >= 11 is 0. The highest BCUT2D eigenvalue weighted by atomic mass is 16.5. The zero-order valence-corrected chi connectivity index (χ0v) is 10.7. The number of hydrogen-bond acceptors (Lipinski definition) is 4. The first-order chi connectivity index (χ1) is 7.41. The molecule has 0 amide bonds. The second kappa shape index (κ2) is 7.24. The summed E-state index contributed by atoms with van der Waals surface area (Å²) in [6.07, 6.45) is 2.90. The highest BCUT2D eigenvalue weighted by Gasteiger charge is 2.15. The quantitative estimate of drug-likeness (QED) is 0.491. The van der Waals surface area contributed by atoms with E-state index < -0.39 is 0 Å². The second-order valence-corrected chi connectivity index (χ2v) is 4.77. The molecule has 4 heteroatoms. The molecular formula is C12H22N2O2. The molecule has 0 unspecified atom stereocenters. The van der Waals surface area contributed by atoms with Gasteiger partial charge in [-0.15, -0.1) is 0 Å². The maximum atomic E-state index is 11.0. The predicted octanol–water partition coefficient (Wildman–Crippen LogP) is 1.81. The summed E-state index contributed by atoms with van der Waals surface area (Å²) in [5.41, 5.74) is -0.235. The second-order valence-electron chi connectivity index (χ2n) is 4.77. The van der Waals surface area contributed by atoms with E-state index in [-0.39, 0.29) is 11.4 Å². The molecule has 0 aliphatic rings. The fourth-order valence-corrected chi connectivity index (χ4v) is 1.37. The Bertz CT molecular complexity index is 256. The van der Waals surface area contributed by atoms with Crippen LogP contribution in [0.25, 0.3) is 0 Å². The van der Waals surface area contributed by atoms with Crippen molar-refractivity contribution < 1.29 is 9.53 Å². The summed E-state index contributed by atoms with van der Waals surface area (Å²) in [6.45, 7) is 5.09. The van der Waals surface area contributed by atoms with Crippen LogP contribution in [-0.2, 0) is 9.53 Å². The van der Waals surface area contributed by atoms with Crippen molar-refractivity contribution in [3.05, 3.63) is 0 Å². The Labute approximate surface area is 98.2 Å². The molecule has 0 rings (SSSR count). The van der Waals surface area contributed by atoms with Crippen molar-refractivity contribution in [1.82, 2.24) is 4.90 Å². The van der Waals surface area contributed by atoms with Crippen LogP contribution >= 0.6 is 0 Å². The Balaban J connectivity index is 3.60. The van der Waals surface area contributed by atoms with Crippen LogP contribution in [0.2, 0.25) is 0 Å². The molecule has 0 N–H and O–H groups in total. The van der Waals surface area contributed by atoms with Crippen LogP contribution in [-0.4, -0.2) is 38.1 Å². The lowest BCUT2D eigenvalue weighted by molar-refractivity contribution is -0.141. The van der Waals surface area contributed by atoms with Gasteiger partial charge in [0.05, 0.1) is 25.1 Å². The van der Waals surface area contributed by atoms with Crippen molar-refractivity contribution in [2.24, 2.45) is 5.41 Å². The van der Waals surface area contributed by atoms with Crippen molar-refractivity contribution in [3.63, 3.8) is 0 Å². The molecule has 0 aliphatic carbocycles. The van der Waals surface area contributed by atoms with Gasteiger partial charge in [-0.2, -0.15) is 5.26 Å². The Morgan fingerprint density at radius 1 is 1.44 bits per heavy atom. The minimum absolute atomic E-state index is 0.208. The van der Waals surface area contributed by atoms with Crippen LogP contribution in [0.1, 0.15) is 33.1 Å². The van der Waals surface area contributed by atoms with E-state index in [0.29, 0.717) is 6.54 Å². The molecule has 0 saturated heterocycles. The lowest BCUT2D eigenvalue weighted by atomic mass is 9.89. The lowest BCUT2D eigenvalue weighted by Crippen LogP contribution is -2.27. The van der Waals surface area contributed by atoms with Crippen LogP contribution in [0.15, 0.2) is 0 Å². The summed E-state index contributed by atoms with van der Waals surface area (Å²) in [4.78, 5) is 12.9. The van der Waals surface area contributed by atoms with Gasteiger partial charge in [0.2, 0.25) is 0 Å². The Morgan fingerprint density at radius 2 is 2.06 bits per heavy atom. The van der Waals surface area contributed by atoms with Gasteiger partial charge in [0.15, 0.2) is 0 Å². The summed E-state index contributed by atoms with van der Waals surface area (Å²) in [5.74, 6) is -0.208. The number of rotatable bonds is 7. The normalized spacial score (nSPS) is 11.2. The first-order valence-corrected chi connectivity index (χ1v) is 5.58. The molecule has 0 aromatic carbocycles. The molecule has 0 atom stereocenters. The minimum atomic E-state index is -0.235. The maximum absolute atomic E-state index is 11.0. The van der Waals surface area contributed by atoms with Crippen LogP contribution < -0.4 is 0 Å². The summed E-state index contributed by atoms with van der Waals surface area (Å²) in [5, 5.41) is 8.83. The largest absolute Gasteiger partial charge is 0.468 e. The molecular weight excluding hydrogens is 204 g/mol. The molecule has 0 bridgehead atoms. The van der Waals surface area contributed by atoms with Crippen LogP contribution in [0, 0.1) is 16.7 Å². The van der Waals surface area contributed by atoms with Gasteiger partial charge in [0, 0.05) is 0 Å². The Hall–Kier alpha value is -1.08. The third-order valence-corrected chi connectivity index (χ3v) is 2.52. The van der Waals surface area contributed by atoms with E-state index in [1.54, 1.807) is 0 Å². The first-order valence-electron chi connectivity index (χ1n) is 5.58. The Morgan fingerprint density at radius 3 is 2.56 bits per heavy atom. The molecule has 0 fully saturated rings. The van der Waals surface area contributed by atoms with Crippen LogP contribution in [0.5, 0.6) is 0 Å². The summed E-state index contributed by atoms with van der Waals surface area (Å²) in [7, 11) is 3.29. The zero-order valence-electron chi connectivity index (χ0n) is 10.7. The highest BCUT2D eigenvalue weighted by Crippen LogP contribution is 2.21. The van der Waals surface area contributed by atoms with E-state index in [2.05, 4.69) is 10.8 Å². The number of methoxy groups -OCH3 is 1. The molecule has 0 aliphatic heterocycles. The van der Waals surface area contributed by atoms with Gasteiger partial charge in [-0.3, -0.25) is 9.69 Å². The molecule has 0 aromatic rings. The number of esters is 1. The standard InChI is InChI=1S/C12H22N2O2/c1-12(2,10-13)7-5-6-8-14(3)9-11(15)16-4/h5-9H2,1-4H3. The van der Waals surface area contributed by atoms with Crippen molar-refractivity contribution in [1.29, 1.82) is 5.26 Å². The molecule has 0 heterocycles. The number of unbranched alkanes of at least 4 members (excludes halogenated alkanes) is 1.